The normalized spacial score (nSPS) is 16.5. The second-order valence-electron chi connectivity index (χ2n) is 8.98. The van der Waals surface area contributed by atoms with Gasteiger partial charge < -0.3 is 4.74 Å². The van der Waals surface area contributed by atoms with Crippen molar-refractivity contribution >= 4 is 22.8 Å². The molecule has 6 rings (SSSR count). The highest BCUT2D eigenvalue weighted by Gasteiger charge is 2.29. The molecule has 12 heteroatoms. The molecule has 0 amide bonds. The topological polar surface area (TPSA) is 78.6 Å². The first kappa shape index (κ1) is 25.5. The molecule has 0 atom stereocenters. The van der Waals surface area contributed by atoms with E-state index in [2.05, 4.69) is 25.0 Å². The summed E-state index contributed by atoms with van der Waals surface area (Å²) in [4.78, 5) is 17.0. The van der Waals surface area contributed by atoms with Crippen molar-refractivity contribution in [1.82, 2.24) is 29.7 Å². The van der Waals surface area contributed by atoms with E-state index in [4.69, 9.17) is 16.3 Å². The second-order valence-corrected chi connectivity index (χ2v) is 9.42. The number of rotatable bonds is 4. The number of halogens is 5. The molecule has 1 saturated carbocycles. The standard InChI is InChI=1S/C19H15ClF4N4O.C6H8N2/c20-11-1-2-13(14(21)7-11)15-16-18(26-12(9-25-16)8-19(22,23)24)28-17(27-15)10-3-5-29-6-4-10;1-4-7-8(5-1)6-2-3-6/h1-2,7,9-10H,3-6,8H2;1,4-6H,2-3H2. The van der Waals surface area contributed by atoms with E-state index in [1.807, 2.05) is 23.1 Å². The molecule has 0 unspecified atom stereocenters. The fourth-order valence-electron chi connectivity index (χ4n) is 4.09. The molecule has 7 nitrogen and oxygen atoms in total. The third kappa shape index (κ3) is 6.40. The zero-order valence-electron chi connectivity index (χ0n) is 19.6. The Morgan fingerprint density at radius 1 is 1.05 bits per heavy atom. The zero-order valence-corrected chi connectivity index (χ0v) is 20.4. The predicted octanol–water partition coefficient (Wildman–Crippen LogP) is 6.10. The van der Waals surface area contributed by atoms with E-state index >= 15 is 0 Å². The quantitative estimate of drug-likeness (QED) is 0.295. The average molecular weight is 535 g/mol. The smallest absolute Gasteiger partial charge is 0.381 e. The summed E-state index contributed by atoms with van der Waals surface area (Å²) < 4.78 is 60.3. The van der Waals surface area contributed by atoms with Crippen molar-refractivity contribution in [2.24, 2.45) is 0 Å². The fraction of sp³-hybridized carbons (Fsp3) is 0.400. The van der Waals surface area contributed by atoms with Crippen LogP contribution in [0.2, 0.25) is 5.02 Å². The Kier molecular flexibility index (Phi) is 7.34. The summed E-state index contributed by atoms with van der Waals surface area (Å²) in [6, 6.07) is 6.82. The lowest BCUT2D eigenvalue weighted by atomic mass is 9.99. The molecule has 0 N–H and O–H groups in total. The van der Waals surface area contributed by atoms with Crippen LogP contribution in [0.4, 0.5) is 17.6 Å². The van der Waals surface area contributed by atoms with Crippen LogP contribution < -0.4 is 0 Å². The van der Waals surface area contributed by atoms with Crippen LogP contribution in [0, 0.1) is 5.82 Å². The Morgan fingerprint density at radius 3 is 2.49 bits per heavy atom. The number of hydrogen-bond donors (Lipinski definition) is 0. The number of hydrogen-bond acceptors (Lipinski definition) is 6. The van der Waals surface area contributed by atoms with Gasteiger partial charge in [0.05, 0.1) is 18.2 Å². The molecule has 2 fully saturated rings. The Hall–Kier alpha value is -3.18. The van der Waals surface area contributed by atoms with Gasteiger partial charge in [-0.15, -0.1) is 0 Å². The maximum atomic E-state index is 14.6. The van der Waals surface area contributed by atoms with Crippen LogP contribution in [0.25, 0.3) is 22.4 Å². The van der Waals surface area contributed by atoms with Crippen molar-refractivity contribution in [3.63, 3.8) is 0 Å². The lowest BCUT2D eigenvalue weighted by molar-refractivity contribution is -0.127. The molecule has 1 aliphatic heterocycles. The highest BCUT2D eigenvalue weighted by atomic mass is 35.5. The first-order valence-electron chi connectivity index (χ1n) is 11.9. The third-order valence-corrected chi connectivity index (χ3v) is 6.31. The highest BCUT2D eigenvalue weighted by Crippen LogP contribution is 2.34. The average Bonchev–Trinajstić information content (AvgIpc) is 3.57. The SMILES string of the molecule is Fc1cc(Cl)ccc1-c1nc(C2CCOCC2)nc2nc(CC(F)(F)F)cnc12.c1cnn(C2CC2)c1. The Labute approximate surface area is 214 Å². The third-order valence-electron chi connectivity index (χ3n) is 6.08. The number of aromatic nitrogens is 6. The monoisotopic (exact) mass is 534 g/mol. The summed E-state index contributed by atoms with van der Waals surface area (Å²) in [5.41, 5.74) is 0.189. The van der Waals surface area contributed by atoms with Crippen molar-refractivity contribution in [2.45, 2.75) is 50.2 Å². The molecule has 0 bridgehead atoms. The van der Waals surface area contributed by atoms with Gasteiger partial charge in [0, 0.05) is 48.3 Å². The van der Waals surface area contributed by atoms with Gasteiger partial charge in [0.2, 0.25) is 0 Å². The van der Waals surface area contributed by atoms with Crippen LogP contribution in [-0.4, -0.2) is 49.1 Å². The summed E-state index contributed by atoms with van der Waals surface area (Å²) in [6.45, 7) is 1.05. The van der Waals surface area contributed by atoms with Crippen LogP contribution in [-0.2, 0) is 11.2 Å². The van der Waals surface area contributed by atoms with Gasteiger partial charge >= 0.3 is 6.18 Å². The van der Waals surface area contributed by atoms with Gasteiger partial charge in [-0.05, 0) is 49.9 Å². The Bertz CT molecular complexity index is 1370. The fourth-order valence-corrected chi connectivity index (χ4v) is 4.25. The second kappa shape index (κ2) is 10.7. The van der Waals surface area contributed by atoms with Crippen LogP contribution >= 0.6 is 11.6 Å². The van der Waals surface area contributed by atoms with Gasteiger partial charge in [-0.1, -0.05) is 11.6 Å². The zero-order chi connectivity index (χ0) is 26.0. The minimum atomic E-state index is -4.43. The van der Waals surface area contributed by atoms with E-state index in [0.29, 0.717) is 31.9 Å². The summed E-state index contributed by atoms with van der Waals surface area (Å²) in [6.07, 6.45) is 3.18. The van der Waals surface area contributed by atoms with Crippen molar-refractivity contribution < 1.29 is 22.3 Å². The molecule has 37 heavy (non-hydrogen) atoms. The Balaban J connectivity index is 0.000000295. The molecule has 0 radical (unpaired) electrons. The molecule has 194 valence electrons. The van der Waals surface area contributed by atoms with E-state index in [9.17, 15) is 17.6 Å². The molecular weight excluding hydrogens is 512 g/mol. The number of ether oxygens (including phenoxy) is 1. The molecule has 3 aromatic heterocycles. The van der Waals surface area contributed by atoms with Gasteiger partial charge in [-0.25, -0.2) is 24.3 Å². The largest absolute Gasteiger partial charge is 0.394 e. The lowest BCUT2D eigenvalue weighted by Gasteiger charge is -2.21. The van der Waals surface area contributed by atoms with Crippen molar-refractivity contribution in [3.05, 3.63) is 65.2 Å². The number of nitrogens with zero attached hydrogens (tertiary/aromatic N) is 6. The van der Waals surface area contributed by atoms with E-state index < -0.39 is 18.4 Å². The molecule has 1 aromatic carbocycles. The molecule has 4 aromatic rings. The minimum Gasteiger partial charge on any atom is -0.381 e. The van der Waals surface area contributed by atoms with Gasteiger partial charge in [0.1, 0.15) is 22.9 Å². The summed E-state index contributed by atoms with van der Waals surface area (Å²) in [5, 5.41) is 4.31. The number of benzene rings is 1. The summed E-state index contributed by atoms with van der Waals surface area (Å²) in [7, 11) is 0. The maximum Gasteiger partial charge on any atom is 0.394 e. The van der Waals surface area contributed by atoms with Crippen LogP contribution in [0.5, 0.6) is 0 Å². The van der Waals surface area contributed by atoms with Crippen molar-refractivity contribution in [1.29, 1.82) is 0 Å². The summed E-state index contributed by atoms with van der Waals surface area (Å²) >= 11 is 5.84. The first-order valence-corrected chi connectivity index (χ1v) is 12.3. The first-order chi connectivity index (χ1) is 17.8. The Morgan fingerprint density at radius 2 is 1.84 bits per heavy atom. The van der Waals surface area contributed by atoms with Gasteiger partial charge in [-0.3, -0.25) is 4.68 Å². The lowest BCUT2D eigenvalue weighted by Crippen LogP contribution is -2.18. The van der Waals surface area contributed by atoms with Crippen molar-refractivity contribution in [2.75, 3.05) is 13.2 Å². The van der Waals surface area contributed by atoms with Crippen LogP contribution in [0.15, 0.2) is 42.9 Å². The van der Waals surface area contributed by atoms with Crippen LogP contribution in [0.3, 0.4) is 0 Å². The number of fused-ring (bicyclic) bond motifs is 1. The molecule has 0 spiro atoms. The van der Waals surface area contributed by atoms with E-state index in [-0.39, 0.29) is 39.1 Å². The predicted molar refractivity (Wildman–Crippen MR) is 129 cm³/mol. The molecule has 4 heterocycles. The maximum absolute atomic E-state index is 14.6. The van der Waals surface area contributed by atoms with Gasteiger partial charge in [-0.2, -0.15) is 18.3 Å². The molecule has 1 aliphatic carbocycles. The van der Waals surface area contributed by atoms with Gasteiger partial charge in [0.25, 0.3) is 0 Å². The molecule has 1 saturated heterocycles. The molecular formula is C25H23ClF4N6O. The highest BCUT2D eigenvalue weighted by molar-refractivity contribution is 6.30. The van der Waals surface area contributed by atoms with Crippen molar-refractivity contribution in [3.8, 4) is 11.3 Å². The van der Waals surface area contributed by atoms with E-state index in [0.717, 1.165) is 18.3 Å². The number of alkyl halides is 3. The van der Waals surface area contributed by atoms with E-state index in [1.165, 1.54) is 25.0 Å². The summed E-state index contributed by atoms with van der Waals surface area (Å²) in [5.74, 6) is -0.282. The van der Waals surface area contributed by atoms with E-state index in [1.54, 1.807) is 0 Å². The molecule has 2 aliphatic rings. The minimum absolute atomic E-state index is 0.00703. The van der Waals surface area contributed by atoms with Gasteiger partial charge in [0.15, 0.2) is 5.65 Å². The van der Waals surface area contributed by atoms with Crippen LogP contribution in [0.1, 0.15) is 49.2 Å².